The van der Waals surface area contributed by atoms with Crippen LogP contribution in [0.25, 0.3) is 0 Å². The molecule has 0 bridgehead atoms. The van der Waals surface area contributed by atoms with E-state index in [1.165, 1.54) is 0 Å². The summed E-state index contributed by atoms with van der Waals surface area (Å²) in [5.74, 6) is 4.18. The van der Waals surface area contributed by atoms with Gasteiger partial charge in [-0.3, -0.25) is 0 Å². The minimum Gasteiger partial charge on any atom is -0.491 e. The molecule has 0 aromatic carbocycles. The summed E-state index contributed by atoms with van der Waals surface area (Å²) < 4.78 is 10.2. The third-order valence-corrected chi connectivity index (χ3v) is 2.68. The molecule has 86 valence electrons. The molecule has 0 unspecified atom stereocenters. The van der Waals surface area contributed by atoms with E-state index in [-0.39, 0.29) is 0 Å². The van der Waals surface area contributed by atoms with E-state index in [2.05, 4.69) is 36.1 Å². The van der Waals surface area contributed by atoms with Crippen LogP contribution in [0.5, 0.6) is 11.6 Å². The fraction of sp³-hybridized carbons (Fsp3) is 0.417. The van der Waals surface area contributed by atoms with Gasteiger partial charge >= 0.3 is 0 Å². The minimum absolute atomic E-state index is 0.477. The van der Waals surface area contributed by atoms with Crippen molar-refractivity contribution in [1.29, 1.82) is 0 Å². The average Bonchev–Trinajstić information content (AvgIpc) is 2.25. The predicted octanol–water partition coefficient (Wildman–Crippen LogP) is 2.33. The van der Waals surface area contributed by atoms with E-state index in [1.54, 1.807) is 14.2 Å². The zero-order valence-corrected chi connectivity index (χ0v) is 11.4. The number of hydrogen-bond donors (Lipinski definition) is 0. The Hall–Kier alpha value is -1.47. The summed E-state index contributed by atoms with van der Waals surface area (Å²) >= 11 is 0. The molecule has 0 fully saturated rings. The monoisotopic (exact) mass is 235 g/mol. The van der Waals surface area contributed by atoms with Gasteiger partial charge in [0.15, 0.2) is 5.75 Å². The third-order valence-electron chi connectivity index (χ3n) is 1.80. The maximum Gasteiger partial charge on any atom is 0.257 e. The van der Waals surface area contributed by atoms with Crippen molar-refractivity contribution in [2.45, 2.75) is 19.6 Å². The Morgan fingerprint density at radius 1 is 1.12 bits per heavy atom. The molecule has 0 N–H and O–H groups in total. The Morgan fingerprint density at radius 2 is 1.81 bits per heavy atom. The fourth-order valence-corrected chi connectivity index (χ4v) is 1.55. The van der Waals surface area contributed by atoms with Crippen LogP contribution in [0.2, 0.25) is 19.6 Å². The van der Waals surface area contributed by atoms with Crippen LogP contribution < -0.4 is 9.47 Å². The lowest BCUT2D eigenvalue weighted by Crippen LogP contribution is -2.16. The number of methoxy groups -OCH3 is 2. The maximum absolute atomic E-state index is 5.12. The van der Waals surface area contributed by atoms with Crippen molar-refractivity contribution in [3.8, 4) is 23.1 Å². The molecule has 3 nitrogen and oxygen atoms in total. The van der Waals surface area contributed by atoms with Gasteiger partial charge in [0, 0.05) is 0 Å². The summed E-state index contributed by atoms with van der Waals surface area (Å²) in [6.45, 7) is 6.59. The van der Waals surface area contributed by atoms with Gasteiger partial charge in [0.25, 0.3) is 5.88 Å². The highest BCUT2D eigenvalue weighted by Gasteiger charge is 2.08. The van der Waals surface area contributed by atoms with Gasteiger partial charge in [-0.1, -0.05) is 25.6 Å². The quantitative estimate of drug-likeness (QED) is 0.582. The lowest BCUT2D eigenvalue weighted by atomic mass is 10.3. The maximum atomic E-state index is 5.12. The van der Waals surface area contributed by atoms with Crippen molar-refractivity contribution in [3.63, 3.8) is 0 Å². The number of pyridine rings is 1. The van der Waals surface area contributed by atoms with Gasteiger partial charge in [-0.05, 0) is 12.1 Å². The largest absolute Gasteiger partial charge is 0.491 e. The van der Waals surface area contributed by atoms with E-state index in [0.29, 0.717) is 11.6 Å². The molecule has 1 heterocycles. The van der Waals surface area contributed by atoms with Gasteiger partial charge in [-0.2, -0.15) is 0 Å². The van der Waals surface area contributed by atoms with Crippen LogP contribution in [-0.4, -0.2) is 27.3 Å². The zero-order valence-electron chi connectivity index (χ0n) is 10.4. The lowest BCUT2D eigenvalue weighted by Gasteiger charge is -2.06. The van der Waals surface area contributed by atoms with E-state index in [1.807, 2.05) is 12.1 Å². The number of aromatic nitrogens is 1. The molecule has 0 saturated heterocycles. The van der Waals surface area contributed by atoms with Crippen LogP contribution in [0.15, 0.2) is 12.1 Å². The molecule has 0 atom stereocenters. The Morgan fingerprint density at radius 3 is 2.31 bits per heavy atom. The van der Waals surface area contributed by atoms with Crippen LogP contribution in [0.3, 0.4) is 0 Å². The van der Waals surface area contributed by atoms with Crippen molar-refractivity contribution in [2.24, 2.45) is 0 Å². The highest BCUT2D eigenvalue weighted by Crippen LogP contribution is 2.23. The van der Waals surface area contributed by atoms with E-state index >= 15 is 0 Å². The number of ether oxygens (including phenoxy) is 2. The molecular weight excluding hydrogens is 218 g/mol. The first-order chi connectivity index (χ1) is 7.46. The molecular formula is C12H17NO2Si. The fourth-order valence-electron chi connectivity index (χ4n) is 1.05. The molecule has 1 aromatic rings. The van der Waals surface area contributed by atoms with Gasteiger partial charge in [-0.15, -0.1) is 5.54 Å². The first-order valence-corrected chi connectivity index (χ1v) is 8.58. The van der Waals surface area contributed by atoms with Crippen molar-refractivity contribution in [2.75, 3.05) is 14.2 Å². The van der Waals surface area contributed by atoms with Crippen LogP contribution in [0, 0.1) is 11.5 Å². The Balaban J connectivity index is 3.03. The van der Waals surface area contributed by atoms with Crippen LogP contribution in [0.4, 0.5) is 0 Å². The van der Waals surface area contributed by atoms with Gasteiger partial charge in [-0.25, -0.2) is 4.98 Å². The topological polar surface area (TPSA) is 31.4 Å². The predicted molar refractivity (Wildman–Crippen MR) is 67.6 cm³/mol. The van der Waals surface area contributed by atoms with Gasteiger partial charge in [0.1, 0.15) is 13.8 Å². The Labute approximate surface area is 97.8 Å². The zero-order chi connectivity index (χ0) is 12.2. The molecule has 4 heteroatoms. The normalized spacial score (nSPS) is 10.3. The summed E-state index contributed by atoms with van der Waals surface area (Å²) in [6.07, 6.45) is 0. The van der Waals surface area contributed by atoms with E-state index < -0.39 is 8.07 Å². The Bertz CT molecular complexity index is 427. The average molecular weight is 235 g/mol. The van der Waals surface area contributed by atoms with Gasteiger partial charge in [0.2, 0.25) is 0 Å². The molecule has 0 aliphatic rings. The highest BCUT2D eigenvalue weighted by molar-refractivity contribution is 6.83. The first-order valence-electron chi connectivity index (χ1n) is 5.08. The highest BCUT2D eigenvalue weighted by atomic mass is 28.3. The first kappa shape index (κ1) is 12.6. The van der Waals surface area contributed by atoms with E-state index in [9.17, 15) is 0 Å². The second-order valence-corrected chi connectivity index (χ2v) is 9.16. The van der Waals surface area contributed by atoms with Crippen molar-refractivity contribution >= 4 is 8.07 Å². The standard InChI is InChI=1S/C12H17NO2Si/c1-14-11-7-6-10(13-12(11)15-2)8-9-16(3,4)5/h6-7H,1-5H3. The Kier molecular flexibility index (Phi) is 3.97. The summed E-state index contributed by atoms with van der Waals surface area (Å²) in [5, 5.41) is 0. The summed E-state index contributed by atoms with van der Waals surface area (Å²) in [5.41, 5.74) is 3.98. The van der Waals surface area contributed by atoms with Crippen LogP contribution in [-0.2, 0) is 0 Å². The summed E-state index contributed by atoms with van der Waals surface area (Å²) in [4.78, 5) is 4.27. The van der Waals surface area contributed by atoms with Crippen molar-refractivity contribution < 1.29 is 9.47 Å². The molecule has 0 spiro atoms. The summed E-state index contributed by atoms with van der Waals surface area (Å²) in [7, 11) is 1.80. The SMILES string of the molecule is COc1ccc(C#C[Si](C)(C)C)nc1OC. The molecule has 0 amide bonds. The lowest BCUT2D eigenvalue weighted by molar-refractivity contribution is 0.342. The van der Waals surface area contributed by atoms with Crippen molar-refractivity contribution in [3.05, 3.63) is 17.8 Å². The molecule has 1 rings (SSSR count). The molecule has 0 aliphatic carbocycles. The molecule has 0 saturated carbocycles. The van der Waals surface area contributed by atoms with Crippen LogP contribution >= 0.6 is 0 Å². The van der Waals surface area contributed by atoms with Gasteiger partial charge < -0.3 is 9.47 Å². The van der Waals surface area contributed by atoms with E-state index in [4.69, 9.17) is 9.47 Å². The molecule has 0 aliphatic heterocycles. The van der Waals surface area contributed by atoms with Crippen molar-refractivity contribution in [1.82, 2.24) is 4.98 Å². The van der Waals surface area contributed by atoms with E-state index in [0.717, 1.165) is 5.69 Å². The second-order valence-electron chi connectivity index (χ2n) is 4.41. The van der Waals surface area contributed by atoms with Crippen LogP contribution in [0.1, 0.15) is 5.69 Å². The molecule has 0 radical (unpaired) electrons. The number of hydrogen-bond acceptors (Lipinski definition) is 3. The summed E-state index contributed by atoms with van der Waals surface area (Å²) in [6, 6.07) is 3.66. The number of rotatable bonds is 2. The number of nitrogens with zero attached hydrogens (tertiary/aromatic N) is 1. The van der Waals surface area contributed by atoms with Gasteiger partial charge in [0.05, 0.1) is 14.2 Å². The molecule has 1 aromatic heterocycles. The molecule has 16 heavy (non-hydrogen) atoms. The smallest absolute Gasteiger partial charge is 0.257 e. The minimum atomic E-state index is -1.36. The second kappa shape index (κ2) is 5.04. The third kappa shape index (κ3) is 3.59.